The van der Waals surface area contributed by atoms with Gasteiger partial charge in [0.15, 0.2) is 0 Å². The van der Waals surface area contributed by atoms with Crippen molar-refractivity contribution in [2.75, 3.05) is 32.8 Å². The van der Waals surface area contributed by atoms with E-state index >= 15 is 0 Å². The Morgan fingerprint density at radius 1 is 1.35 bits per heavy atom. The molecule has 0 aliphatic carbocycles. The van der Waals surface area contributed by atoms with Gasteiger partial charge in [-0.3, -0.25) is 9.69 Å². The molecule has 0 aromatic heterocycles. The molecule has 0 aromatic rings. The molecular formula is C16H32N2O2. The highest BCUT2D eigenvalue weighted by Crippen LogP contribution is 2.17. The summed E-state index contributed by atoms with van der Waals surface area (Å²) in [5, 5.41) is 3.46. The summed E-state index contributed by atoms with van der Waals surface area (Å²) >= 11 is 0. The van der Waals surface area contributed by atoms with E-state index in [4.69, 9.17) is 4.74 Å². The van der Waals surface area contributed by atoms with Crippen LogP contribution in [-0.2, 0) is 9.53 Å². The van der Waals surface area contributed by atoms with E-state index in [2.05, 4.69) is 24.1 Å². The lowest BCUT2D eigenvalue weighted by molar-refractivity contribution is -0.150. The van der Waals surface area contributed by atoms with Crippen molar-refractivity contribution in [1.29, 1.82) is 0 Å². The zero-order chi connectivity index (χ0) is 14.8. The van der Waals surface area contributed by atoms with Crippen molar-refractivity contribution in [2.45, 2.75) is 58.9 Å². The van der Waals surface area contributed by atoms with Crippen LogP contribution in [0.1, 0.15) is 52.9 Å². The van der Waals surface area contributed by atoms with Crippen LogP contribution in [0.4, 0.5) is 0 Å². The summed E-state index contributed by atoms with van der Waals surface area (Å²) in [6.45, 7) is 10.9. The van der Waals surface area contributed by atoms with Crippen molar-refractivity contribution in [3.8, 4) is 0 Å². The van der Waals surface area contributed by atoms with Gasteiger partial charge in [-0.05, 0) is 58.2 Å². The van der Waals surface area contributed by atoms with Crippen LogP contribution in [0.3, 0.4) is 0 Å². The van der Waals surface area contributed by atoms with Gasteiger partial charge in [-0.1, -0.05) is 20.3 Å². The van der Waals surface area contributed by atoms with Crippen LogP contribution in [0.25, 0.3) is 0 Å². The number of carbonyl (C=O) groups excluding carboxylic acids is 1. The van der Waals surface area contributed by atoms with Gasteiger partial charge in [0.1, 0.15) is 6.04 Å². The van der Waals surface area contributed by atoms with Crippen molar-refractivity contribution in [3.05, 3.63) is 0 Å². The third-order valence-corrected chi connectivity index (χ3v) is 3.96. The first-order valence-corrected chi connectivity index (χ1v) is 8.34. The summed E-state index contributed by atoms with van der Waals surface area (Å²) in [6, 6.07) is -0.0539. The third kappa shape index (κ3) is 5.80. The predicted octanol–water partition coefficient (Wildman–Crippen LogP) is 2.43. The molecule has 1 heterocycles. The number of carbonyl (C=O) groups is 1. The maximum atomic E-state index is 12.2. The number of nitrogens with zero attached hydrogens (tertiary/aromatic N) is 1. The molecule has 0 saturated carbocycles. The van der Waals surface area contributed by atoms with E-state index < -0.39 is 0 Å². The molecule has 118 valence electrons. The molecule has 0 aromatic carbocycles. The summed E-state index contributed by atoms with van der Waals surface area (Å²) in [5.74, 6) is 0.635. The van der Waals surface area contributed by atoms with Crippen LogP contribution in [-0.4, -0.2) is 49.7 Å². The van der Waals surface area contributed by atoms with Crippen LogP contribution < -0.4 is 5.32 Å². The Kier molecular flexibility index (Phi) is 8.86. The number of piperidine rings is 1. The van der Waals surface area contributed by atoms with E-state index in [0.29, 0.717) is 12.5 Å². The van der Waals surface area contributed by atoms with E-state index in [1.54, 1.807) is 0 Å². The van der Waals surface area contributed by atoms with E-state index in [-0.39, 0.29) is 12.0 Å². The van der Waals surface area contributed by atoms with Crippen molar-refractivity contribution in [3.63, 3.8) is 0 Å². The number of nitrogens with one attached hydrogen (secondary N) is 1. The fraction of sp³-hybridized carbons (Fsp3) is 0.938. The summed E-state index contributed by atoms with van der Waals surface area (Å²) < 4.78 is 5.28. The summed E-state index contributed by atoms with van der Waals surface area (Å²) in [4.78, 5) is 14.6. The summed E-state index contributed by atoms with van der Waals surface area (Å²) in [6.07, 6.45) is 5.53. The SMILES string of the molecule is CCCC(C(=O)OCC)N(CCC)CC1CCCNC1. The van der Waals surface area contributed by atoms with Crippen LogP contribution >= 0.6 is 0 Å². The van der Waals surface area contributed by atoms with Crippen molar-refractivity contribution in [2.24, 2.45) is 5.92 Å². The predicted molar refractivity (Wildman–Crippen MR) is 82.8 cm³/mol. The molecule has 1 aliphatic rings. The fourth-order valence-corrected chi connectivity index (χ4v) is 3.03. The first-order chi connectivity index (χ1) is 9.72. The zero-order valence-electron chi connectivity index (χ0n) is 13.5. The quantitative estimate of drug-likeness (QED) is 0.660. The molecule has 4 heteroatoms. The maximum Gasteiger partial charge on any atom is 0.323 e. The molecular weight excluding hydrogens is 252 g/mol. The number of rotatable bonds is 9. The number of ether oxygens (including phenoxy) is 1. The second kappa shape index (κ2) is 10.2. The first-order valence-electron chi connectivity index (χ1n) is 8.34. The highest BCUT2D eigenvalue weighted by molar-refractivity contribution is 5.75. The molecule has 0 radical (unpaired) electrons. The van der Waals surface area contributed by atoms with Crippen LogP contribution in [0.5, 0.6) is 0 Å². The van der Waals surface area contributed by atoms with Gasteiger partial charge in [0.25, 0.3) is 0 Å². The van der Waals surface area contributed by atoms with Gasteiger partial charge in [0.2, 0.25) is 0 Å². The minimum Gasteiger partial charge on any atom is -0.465 e. The van der Waals surface area contributed by atoms with E-state index in [9.17, 15) is 4.79 Å². The monoisotopic (exact) mass is 284 g/mol. The summed E-state index contributed by atoms with van der Waals surface area (Å²) in [5.41, 5.74) is 0. The molecule has 0 spiro atoms. The van der Waals surface area contributed by atoms with Gasteiger partial charge in [0, 0.05) is 6.54 Å². The second-order valence-corrected chi connectivity index (χ2v) is 5.76. The lowest BCUT2D eigenvalue weighted by Gasteiger charge is -2.34. The minimum atomic E-state index is -0.0539. The van der Waals surface area contributed by atoms with Crippen molar-refractivity contribution in [1.82, 2.24) is 10.2 Å². The molecule has 1 N–H and O–H groups in total. The Morgan fingerprint density at radius 3 is 2.70 bits per heavy atom. The van der Waals surface area contributed by atoms with Gasteiger partial charge < -0.3 is 10.1 Å². The highest BCUT2D eigenvalue weighted by Gasteiger charge is 2.28. The lowest BCUT2D eigenvalue weighted by Crippen LogP contribution is -2.47. The van der Waals surface area contributed by atoms with Crippen LogP contribution in [0, 0.1) is 5.92 Å². The highest BCUT2D eigenvalue weighted by atomic mass is 16.5. The lowest BCUT2D eigenvalue weighted by atomic mass is 9.97. The van der Waals surface area contributed by atoms with Gasteiger partial charge >= 0.3 is 5.97 Å². The standard InChI is InChI=1S/C16H32N2O2/c1-4-8-15(16(19)20-6-3)18(11-5-2)13-14-9-7-10-17-12-14/h14-15,17H,4-13H2,1-3H3. The first kappa shape index (κ1) is 17.4. The summed E-state index contributed by atoms with van der Waals surface area (Å²) in [7, 11) is 0. The average Bonchev–Trinajstić information content (AvgIpc) is 2.46. The Hall–Kier alpha value is -0.610. The molecule has 1 saturated heterocycles. The smallest absolute Gasteiger partial charge is 0.323 e. The van der Waals surface area contributed by atoms with Gasteiger partial charge in [-0.15, -0.1) is 0 Å². The Morgan fingerprint density at radius 2 is 2.15 bits per heavy atom. The van der Waals surface area contributed by atoms with Crippen LogP contribution in [0.2, 0.25) is 0 Å². The third-order valence-electron chi connectivity index (χ3n) is 3.96. The molecule has 0 bridgehead atoms. The molecule has 1 aliphatic heterocycles. The normalized spacial score (nSPS) is 20.9. The van der Waals surface area contributed by atoms with Crippen LogP contribution in [0.15, 0.2) is 0 Å². The van der Waals surface area contributed by atoms with E-state index in [1.165, 1.54) is 12.8 Å². The molecule has 2 atom stereocenters. The topological polar surface area (TPSA) is 41.6 Å². The molecule has 1 rings (SSSR count). The molecule has 0 amide bonds. The molecule has 20 heavy (non-hydrogen) atoms. The van der Waals surface area contributed by atoms with E-state index in [1.807, 2.05) is 6.92 Å². The van der Waals surface area contributed by atoms with Crippen molar-refractivity contribution >= 4 is 5.97 Å². The van der Waals surface area contributed by atoms with Gasteiger partial charge in [-0.25, -0.2) is 0 Å². The molecule has 4 nitrogen and oxygen atoms in total. The minimum absolute atomic E-state index is 0.0356. The second-order valence-electron chi connectivity index (χ2n) is 5.76. The van der Waals surface area contributed by atoms with Gasteiger partial charge in [-0.2, -0.15) is 0 Å². The van der Waals surface area contributed by atoms with E-state index in [0.717, 1.165) is 45.4 Å². The van der Waals surface area contributed by atoms with Gasteiger partial charge in [0.05, 0.1) is 6.61 Å². The largest absolute Gasteiger partial charge is 0.465 e. The Bertz CT molecular complexity index is 265. The number of esters is 1. The molecule has 1 fully saturated rings. The zero-order valence-corrected chi connectivity index (χ0v) is 13.5. The Labute approximate surface area is 124 Å². The maximum absolute atomic E-state index is 12.2. The number of hydrogen-bond acceptors (Lipinski definition) is 4. The number of hydrogen-bond donors (Lipinski definition) is 1. The Balaban J connectivity index is 2.64. The average molecular weight is 284 g/mol. The van der Waals surface area contributed by atoms with Crippen molar-refractivity contribution < 1.29 is 9.53 Å². The fourth-order valence-electron chi connectivity index (χ4n) is 3.03. The molecule has 2 unspecified atom stereocenters.